The topological polar surface area (TPSA) is 63.4 Å². The molecule has 0 unspecified atom stereocenters. The Morgan fingerprint density at radius 2 is 1.89 bits per heavy atom. The first-order valence-corrected chi connectivity index (χ1v) is 8.36. The molecule has 2 N–H and O–H groups in total. The Kier molecular flexibility index (Phi) is 2.96. The average molecular weight is 280 g/mol. The van der Waals surface area contributed by atoms with E-state index in [4.69, 9.17) is 5.73 Å². The highest BCUT2D eigenvalue weighted by Gasteiger charge is 2.48. The Morgan fingerprint density at radius 1 is 1.26 bits per heavy atom. The van der Waals surface area contributed by atoms with Gasteiger partial charge in [0.05, 0.1) is 10.6 Å². The highest BCUT2D eigenvalue weighted by atomic mass is 32.2. The zero-order chi connectivity index (χ0) is 13.7. The molecule has 3 rings (SSSR count). The lowest BCUT2D eigenvalue weighted by molar-refractivity contribution is 0.110. The van der Waals surface area contributed by atoms with E-state index in [9.17, 15) is 8.42 Å². The summed E-state index contributed by atoms with van der Waals surface area (Å²) < 4.78 is 25.0. The number of piperidine rings is 1. The van der Waals surface area contributed by atoms with Gasteiger partial charge in [-0.25, -0.2) is 8.42 Å². The number of sulfone groups is 1. The van der Waals surface area contributed by atoms with E-state index < -0.39 is 9.84 Å². The summed E-state index contributed by atoms with van der Waals surface area (Å²) in [5.74, 6) is 0.200. The predicted molar refractivity (Wildman–Crippen MR) is 74.6 cm³/mol. The van der Waals surface area contributed by atoms with Crippen molar-refractivity contribution in [3.05, 3.63) is 29.8 Å². The normalized spacial score (nSPS) is 29.1. The lowest BCUT2D eigenvalue weighted by Gasteiger charge is -2.47. The number of nitrogens with zero attached hydrogens (tertiary/aromatic N) is 1. The summed E-state index contributed by atoms with van der Waals surface area (Å²) in [4.78, 5) is 2.68. The van der Waals surface area contributed by atoms with Crippen LogP contribution in [0.4, 0.5) is 0 Å². The van der Waals surface area contributed by atoms with E-state index in [2.05, 4.69) is 11.9 Å². The van der Waals surface area contributed by atoms with Gasteiger partial charge >= 0.3 is 0 Å². The number of fused-ring (bicyclic) bond motifs is 1. The van der Waals surface area contributed by atoms with E-state index >= 15 is 0 Å². The molecule has 2 aliphatic heterocycles. The zero-order valence-electron chi connectivity index (χ0n) is 11.2. The van der Waals surface area contributed by atoms with Gasteiger partial charge in [0.2, 0.25) is 0 Å². The molecule has 0 bridgehead atoms. The third-order valence-corrected chi connectivity index (χ3v) is 6.71. The first kappa shape index (κ1) is 13.1. The van der Waals surface area contributed by atoms with Crippen LogP contribution in [0.2, 0.25) is 0 Å². The molecule has 1 aromatic rings. The molecule has 4 nitrogen and oxygen atoms in total. The molecule has 0 aliphatic carbocycles. The van der Waals surface area contributed by atoms with E-state index in [1.807, 2.05) is 12.1 Å². The van der Waals surface area contributed by atoms with Crippen LogP contribution in [0.25, 0.3) is 0 Å². The second-order valence-corrected chi connectivity index (χ2v) is 7.90. The van der Waals surface area contributed by atoms with Crippen molar-refractivity contribution in [1.82, 2.24) is 4.90 Å². The summed E-state index contributed by atoms with van der Waals surface area (Å²) in [6.45, 7) is 1.84. The highest BCUT2D eigenvalue weighted by Crippen LogP contribution is 2.48. The molecule has 19 heavy (non-hydrogen) atoms. The number of rotatable bonds is 0. The molecule has 2 heterocycles. The molecule has 0 aromatic heterocycles. The number of benzene rings is 1. The van der Waals surface area contributed by atoms with Crippen LogP contribution < -0.4 is 5.73 Å². The van der Waals surface area contributed by atoms with Gasteiger partial charge in [0.25, 0.3) is 0 Å². The van der Waals surface area contributed by atoms with Crippen LogP contribution in [-0.4, -0.2) is 39.2 Å². The van der Waals surface area contributed by atoms with Crippen LogP contribution in [0, 0.1) is 5.41 Å². The molecular weight excluding hydrogens is 260 g/mol. The van der Waals surface area contributed by atoms with Crippen molar-refractivity contribution in [3.63, 3.8) is 0 Å². The Balaban J connectivity index is 2.09. The molecule has 104 valence electrons. The van der Waals surface area contributed by atoms with E-state index in [-0.39, 0.29) is 17.2 Å². The molecule has 2 aliphatic rings. The van der Waals surface area contributed by atoms with Crippen molar-refractivity contribution in [2.45, 2.75) is 23.8 Å². The largest absolute Gasteiger partial charge is 0.323 e. The molecular formula is C14H20N2O2S. The van der Waals surface area contributed by atoms with Crippen molar-refractivity contribution >= 4 is 9.84 Å². The molecule has 0 radical (unpaired) electrons. The third-order valence-electron chi connectivity index (χ3n) is 4.71. The van der Waals surface area contributed by atoms with Gasteiger partial charge in [-0.1, -0.05) is 18.2 Å². The summed E-state index contributed by atoms with van der Waals surface area (Å²) in [5.41, 5.74) is 6.97. The van der Waals surface area contributed by atoms with Gasteiger partial charge in [0.15, 0.2) is 9.84 Å². The minimum atomic E-state index is -3.20. The Labute approximate surface area is 114 Å². The number of likely N-dealkylation sites (tertiary alicyclic amines) is 1. The number of nitrogens with two attached hydrogens (primary N) is 1. The third kappa shape index (κ3) is 2.00. The van der Waals surface area contributed by atoms with Crippen LogP contribution in [0.1, 0.15) is 24.4 Å². The van der Waals surface area contributed by atoms with E-state index in [0.717, 1.165) is 31.5 Å². The Morgan fingerprint density at radius 3 is 2.58 bits per heavy atom. The molecule has 1 saturated heterocycles. The van der Waals surface area contributed by atoms with Gasteiger partial charge in [-0.15, -0.1) is 0 Å². The molecule has 1 atom stereocenters. The fraction of sp³-hybridized carbons (Fsp3) is 0.571. The van der Waals surface area contributed by atoms with Crippen molar-refractivity contribution in [3.8, 4) is 0 Å². The summed E-state index contributed by atoms with van der Waals surface area (Å²) in [5, 5.41) is 0. The van der Waals surface area contributed by atoms with Gasteiger partial charge in [-0.2, -0.15) is 0 Å². The summed E-state index contributed by atoms with van der Waals surface area (Å²) in [6.07, 6.45) is 1.72. The van der Waals surface area contributed by atoms with Gasteiger partial charge < -0.3 is 10.6 Å². The van der Waals surface area contributed by atoms with Crippen molar-refractivity contribution in [2.75, 3.05) is 25.9 Å². The molecule has 0 saturated carbocycles. The van der Waals surface area contributed by atoms with E-state index in [0.29, 0.717) is 4.90 Å². The predicted octanol–water partition coefficient (Wildman–Crippen LogP) is 1.19. The first-order valence-electron chi connectivity index (χ1n) is 6.70. The maximum Gasteiger partial charge on any atom is 0.179 e. The summed E-state index contributed by atoms with van der Waals surface area (Å²) in [6, 6.07) is 7.04. The summed E-state index contributed by atoms with van der Waals surface area (Å²) >= 11 is 0. The zero-order valence-corrected chi connectivity index (χ0v) is 12.0. The number of hydrogen-bond acceptors (Lipinski definition) is 4. The SMILES string of the molecule is CN1CCC2(CC1)CS(=O)(=O)c1ccccc1[C@H]2N. The monoisotopic (exact) mass is 280 g/mol. The standard InChI is InChI=1S/C14H20N2O2S/c1-16-8-6-14(7-9-16)10-19(17,18)12-5-3-2-4-11(12)13(14)15/h2-5,13H,6-10,15H2,1H3/t13-/m1/s1. The van der Waals surface area contributed by atoms with Crippen LogP contribution in [0.5, 0.6) is 0 Å². The summed E-state index contributed by atoms with van der Waals surface area (Å²) in [7, 11) is -1.13. The Bertz CT molecular complexity index is 589. The second-order valence-electron chi connectivity index (χ2n) is 5.94. The lowest BCUT2D eigenvalue weighted by Crippen LogP contribution is -2.50. The fourth-order valence-corrected chi connectivity index (χ4v) is 5.64. The molecule has 5 heteroatoms. The van der Waals surface area contributed by atoms with Crippen LogP contribution in [0.15, 0.2) is 29.2 Å². The number of hydrogen-bond donors (Lipinski definition) is 1. The highest BCUT2D eigenvalue weighted by molar-refractivity contribution is 7.91. The van der Waals surface area contributed by atoms with Crippen molar-refractivity contribution in [2.24, 2.45) is 11.1 Å². The molecule has 1 fully saturated rings. The molecule has 0 amide bonds. The van der Waals surface area contributed by atoms with Crippen LogP contribution >= 0.6 is 0 Å². The first-order chi connectivity index (χ1) is 8.95. The minimum absolute atomic E-state index is 0.166. The smallest absolute Gasteiger partial charge is 0.179 e. The van der Waals surface area contributed by atoms with Crippen LogP contribution in [0.3, 0.4) is 0 Å². The van der Waals surface area contributed by atoms with E-state index in [1.54, 1.807) is 12.1 Å². The van der Waals surface area contributed by atoms with Gasteiger partial charge in [-0.05, 0) is 44.6 Å². The average Bonchev–Trinajstić information content (AvgIpc) is 2.39. The van der Waals surface area contributed by atoms with Gasteiger partial charge in [0.1, 0.15) is 0 Å². The molecule has 1 spiro atoms. The second kappa shape index (κ2) is 4.30. The maximum absolute atomic E-state index is 12.5. The van der Waals surface area contributed by atoms with Crippen LogP contribution in [-0.2, 0) is 9.84 Å². The maximum atomic E-state index is 12.5. The molecule has 1 aromatic carbocycles. The lowest BCUT2D eigenvalue weighted by atomic mass is 9.71. The fourth-order valence-electron chi connectivity index (χ4n) is 3.42. The quantitative estimate of drug-likeness (QED) is 0.775. The minimum Gasteiger partial charge on any atom is -0.323 e. The van der Waals surface area contributed by atoms with Crippen molar-refractivity contribution < 1.29 is 8.42 Å². The van der Waals surface area contributed by atoms with Gasteiger partial charge in [0, 0.05) is 11.5 Å². The Hall–Kier alpha value is -0.910. The van der Waals surface area contributed by atoms with Crippen molar-refractivity contribution in [1.29, 1.82) is 0 Å². The van der Waals surface area contributed by atoms with E-state index in [1.165, 1.54) is 0 Å². The van der Waals surface area contributed by atoms with Gasteiger partial charge in [-0.3, -0.25) is 0 Å².